The molecule has 0 spiro atoms. The fourth-order valence-electron chi connectivity index (χ4n) is 2.36. The van der Waals surface area contributed by atoms with Crippen molar-refractivity contribution in [1.82, 2.24) is 9.88 Å². The van der Waals surface area contributed by atoms with Crippen molar-refractivity contribution in [3.8, 4) is 5.75 Å². The molecule has 2 aromatic rings. The zero-order chi connectivity index (χ0) is 14.2. The third kappa shape index (κ3) is 3.94. The minimum Gasteiger partial charge on any atom is -0.493 e. The Labute approximate surface area is 121 Å². The highest BCUT2D eigenvalue weighted by Gasteiger charge is 2.02. The summed E-state index contributed by atoms with van der Waals surface area (Å²) in [5.41, 5.74) is 0.994. The molecule has 0 saturated heterocycles. The summed E-state index contributed by atoms with van der Waals surface area (Å²) in [4.78, 5) is 6.79. The van der Waals surface area contributed by atoms with Crippen molar-refractivity contribution >= 4 is 10.9 Å². The summed E-state index contributed by atoms with van der Waals surface area (Å²) in [6, 6.07) is 10.1. The largest absolute Gasteiger partial charge is 0.493 e. The lowest BCUT2D eigenvalue weighted by atomic mass is 10.2. The molecule has 3 nitrogen and oxygen atoms in total. The highest BCUT2D eigenvalue weighted by Crippen LogP contribution is 2.23. The van der Waals surface area contributed by atoms with E-state index in [0.717, 1.165) is 49.3 Å². The molecule has 0 aliphatic carbocycles. The van der Waals surface area contributed by atoms with Crippen molar-refractivity contribution in [3.63, 3.8) is 0 Å². The molecule has 3 heteroatoms. The summed E-state index contributed by atoms with van der Waals surface area (Å²) >= 11 is 0. The number of unbranched alkanes of at least 4 members (excludes halogenated alkanes) is 1. The van der Waals surface area contributed by atoms with Crippen LogP contribution < -0.4 is 4.74 Å². The van der Waals surface area contributed by atoms with Gasteiger partial charge in [0, 0.05) is 11.6 Å². The summed E-state index contributed by atoms with van der Waals surface area (Å²) in [5, 5.41) is 1.10. The molecule has 0 saturated carbocycles. The van der Waals surface area contributed by atoms with Crippen molar-refractivity contribution in [1.29, 1.82) is 0 Å². The van der Waals surface area contributed by atoms with Gasteiger partial charge in [-0.2, -0.15) is 0 Å². The van der Waals surface area contributed by atoms with Gasteiger partial charge in [-0.15, -0.1) is 0 Å². The van der Waals surface area contributed by atoms with Crippen LogP contribution in [-0.2, 0) is 0 Å². The Hall–Kier alpha value is -1.61. The predicted molar refractivity (Wildman–Crippen MR) is 84.3 cm³/mol. The molecule has 0 fully saturated rings. The van der Waals surface area contributed by atoms with Crippen molar-refractivity contribution in [2.75, 3.05) is 26.2 Å². The normalized spacial score (nSPS) is 11.2. The fourth-order valence-corrected chi connectivity index (χ4v) is 2.36. The Balaban J connectivity index is 1.81. The van der Waals surface area contributed by atoms with Gasteiger partial charge < -0.3 is 9.64 Å². The third-order valence-corrected chi connectivity index (χ3v) is 3.63. The van der Waals surface area contributed by atoms with Gasteiger partial charge in [0.05, 0.1) is 12.1 Å². The van der Waals surface area contributed by atoms with E-state index in [1.165, 1.54) is 6.42 Å². The summed E-state index contributed by atoms with van der Waals surface area (Å²) in [7, 11) is 0. The molecule has 0 N–H and O–H groups in total. The number of nitrogens with zero attached hydrogens (tertiary/aromatic N) is 2. The molecule has 0 unspecified atom stereocenters. The first-order valence-corrected chi connectivity index (χ1v) is 7.54. The SMILES string of the molecule is CCN(CC)CCCCOc1cccc2ncccc12. The summed E-state index contributed by atoms with van der Waals surface area (Å²) in [5.74, 6) is 0.943. The fraction of sp³-hybridized carbons (Fsp3) is 0.471. The molecule has 0 radical (unpaired) electrons. The first kappa shape index (κ1) is 14.8. The second-order valence-corrected chi connectivity index (χ2v) is 4.91. The molecular weight excluding hydrogens is 248 g/mol. The van der Waals surface area contributed by atoms with Crippen LogP contribution in [0.25, 0.3) is 10.9 Å². The highest BCUT2D eigenvalue weighted by atomic mass is 16.5. The van der Waals surface area contributed by atoms with Gasteiger partial charge in [0.15, 0.2) is 0 Å². The van der Waals surface area contributed by atoms with E-state index in [1.54, 1.807) is 0 Å². The van der Waals surface area contributed by atoms with Crippen molar-refractivity contribution in [2.45, 2.75) is 26.7 Å². The lowest BCUT2D eigenvalue weighted by molar-refractivity contribution is 0.267. The van der Waals surface area contributed by atoms with Crippen molar-refractivity contribution < 1.29 is 4.74 Å². The van der Waals surface area contributed by atoms with Crippen LogP contribution in [0.5, 0.6) is 5.75 Å². The van der Waals surface area contributed by atoms with E-state index < -0.39 is 0 Å². The van der Waals surface area contributed by atoms with E-state index >= 15 is 0 Å². The number of hydrogen-bond acceptors (Lipinski definition) is 3. The van der Waals surface area contributed by atoms with Crippen LogP contribution in [0.15, 0.2) is 36.5 Å². The minimum absolute atomic E-state index is 0.773. The van der Waals surface area contributed by atoms with Crippen molar-refractivity contribution in [3.05, 3.63) is 36.5 Å². The second kappa shape index (κ2) is 7.85. The number of pyridine rings is 1. The van der Waals surface area contributed by atoms with Gasteiger partial charge in [-0.25, -0.2) is 0 Å². The minimum atomic E-state index is 0.773. The molecule has 20 heavy (non-hydrogen) atoms. The molecule has 1 heterocycles. The Morgan fingerprint density at radius 1 is 1.05 bits per heavy atom. The van der Waals surface area contributed by atoms with Crippen LogP contribution >= 0.6 is 0 Å². The molecule has 1 aromatic carbocycles. The first-order valence-electron chi connectivity index (χ1n) is 7.54. The quantitative estimate of drug-likeness (QED) is 0.685. The summed E-state index contributed by atoms with van der Waals surface area (Å²) in [6.07, 6.45) is 4.09. The number of rotatable bonds is 8. The maximum Gasteiger partial charge on any atom is 0.128 e. The third-order valence-electron chi connectivity index (χ3n) is 3.63. The molecule has 2 rings (SSSR count). The predicted octanol–water partition coefficient (Wildman–Crippen LogP) is 3.74. The average Bonchev–Trinajstić information content (AvgIpc) is 2.51. The molecule has 0 amide bonds. The number of ether oxygens (including phenoxy) is 1. The number of benzene rings is 1. The van der Waals surface area contributed by atoms with Gasteiger partial charge in [0.25, 0.3) is 0 Å². The molecule has 108 valence electrons. The van der Waals surface area contributed by atoms with Gasteiger partial charge in [0.1, 0.15) is 5.75 Å². The molecule has 1 aromatic heterocycles. The zero-order valence-electron chi connectivity index (χ0n) is 12.5. The van der Waals surface area contributed by atoms with Crippen LogP contribution in [0, 0.1) is 0 Å². The second-order valence-electron chi connectivity index (χ2n) is 4.91. The first-order chi connectivity index (χ1) is 9.85. The van der Waals surface area contributed by atoms with Crippen LogP contribution in [-0.4, -0.2) is 36.1 Å². The molecule has 0 atom stereocenters. The van der Waals surface area contributed by atoms with E-state index in [2.05, 4.69) is 29.8 Å². The van der Waals surface area contributed by atoms with Gasteiger partial charge in [0.2, 0.25) is 0 Å². The monoisotopic (exact) mass is 272 g/mol. The average molecular weight is 272 g/mol. The zero-order valence-corrected chi connectivity index (χ0v) is 12.5. The number of fused-ring (bicyclic) bond motifs is 1. The molecule has 0 bridgehead atoms. The van der Waals surface area contributed by atoms with E-state index in [4.69, 9.17) is 4.74 Å². The Bertz CT molecular complexity index is 518. The van der Waals surface area contributed by atoms with Gasteiger partial charge >= 0.3 is 0 Å². The van der Waals surface area contributed by atoms with Gasteiger partial charge in [-0.1, -0.05) is 19.9 Å². The maximum absolute atomic E-state index is 5.91. The number of hydrogen-bond donors (Lipinski definition) is 0. The maximum atomic E-state index is 5.91. The van der Waals surface area contributed by atoms with E-state index in [9.17, 15) is 0 Å². The van der Waals surface area contributed by atoms with E-state index in [-0.39, 0.29) is 0 Å². The molecular formula is C17H24N2O. The Morgan fingerprint density at radius 2 is 1.90 bits per heavy atom. The standard InChI is InChI=1S/C17H24N2O/c1-3-19(4-2)13-5-6-14-20-17-11-7-10-16-15(17)9-8-12-18-16/h7-12H,3-6,13-14H2,1-2H3. The summed E-state index contributed by atoms with van der Waals surface area (Å²) < 4.78 is 5.91. The smallest absolute Gasteiger partial charge is 0.128 e. The Morgan fingerprint density at radius 3 is 2.70 bits per heavy atom. The van der Waals surface area contributed by atoms with Crippen molar-refractivity contribution in [2.24, 2.45) is 0 Å². The highest BCUT2D eigenvalue weighted by molar-refractivity contribution is 5.84. The van der Waals surface area contributed by atoms with Gasteiger partial charge in [-0.05, 0) is 56.7 Å². The van der Waals surface area contributed by atoms with E-state index in [0.29, 0.717) is 0 Å². The number of aromatic nitrogens is 1. The summed E-state index contributed by atoms with van der Waals surface area (Å²) in [6.45, 7) is 8.62. The van der Waals surface area contributed by atoms with Crippen LogP contribution in [0.1, 0.15) is 26.7 Å². The van der Waals surface area contributed by atoms with Crippen LogP contribution in [0.4, 0.5) is 0 Å². The van der Waals surface area contributed by atoms with Crippen LogP contribution in [0.2, 0.25) is 0 Å². The van der Waals surface area contributed by atoms with Gasteiger partial charge in [-0.3, -0.25) is 4.98 Å². The lowest BCUT2D eigenvalue weighted by Gasteiger charge is -2.17. The molecule has 0 aliphatic heterocycles. The van der Waals surface area contributed by atoms with Crippen LogP contribution in [0.3, 0.4) is 0 Å². The van der Waals surface area contributed by atoms with E-state index in [1.807, 2.05) is 30.5 Å². The topological polar surface area (TPSA) is 25.4 Å². The molecule has 0 aliphatic rings. The Kier molecular flexibility index (Phi) is 5.81. The lowest BCUT2D eigenvalue weighted by Crippen LogP contribution is -2.24.